The van der Waals surface area contributed by atoms with Crippen molar-refractivity contribution in [3.63, 3.8) is 0 Å². The van der Waals surface area contributed by atoms with E-state index in [2.05, 4.69) is 57.3 Å². The fourth-order valence-electron chi connectivity index (χ4n) is 2.14. The summed E-state index contributed by atoms with van der Waals surface area (Å²) in [6.07, 6.45) is 0.868. The van der Waals surface area contributed by atoms with E-state index in [1.165, 1.54) is 15.2 Å². The smallest absolute Gasteiger partial charge is 0.155 e. The summed E-state index contributed by atoms with van der Waals surface area (Å²) in [6, 6.07) is 14.8. The maximum absolute atomic E-state index is 5.96. The van der Waals surface area contributed by atoms with Gasteiger partial charge in [0.2, 0.25) is 0 Å². The molecule has 21 heavy (non-hydrogen) atoms. The van der Waals surface area contributed by atoms with Crippen molar-refractivity contribution < 1.29 is 0 Å². The molecule has 1 heterocycles. The van der Waals surface area contributed by atoms with E-state index in [4.69, 9.17) is 5.73 Å². The highest BCUT2D eigenvalue weighted by molar-refractivity contribution is 9.10. The monoisotopic (exact) mass is 378 g/mol. The molecule has 3 rings (SSSR count). The molecule has 2 nitrogen and oxygen atoms in total. The third-order valence-corrected chi connectivity index (χ3v) is 5.74. The number of nitrogens with two attached hydrogens (primary N) is 1. The minimum absolute atomic E-state index is 0.147. The number of benzene rings is 2. The molecule has 0 bridgehead atoms. The zero-order chi connectivity index (χ0) is 14.8. The second-order valence-electron chi connectivity index (χ2n) is 4.98. The number of para-hydroxylation sites is 1. The Morgan fingerprint density at radius 2 is 2.10 bits per heavy atom. The van der Waals surface area contributed by atoms with Crippen LogP contribution in [0.15, 0.2) is 56.2 Å². The molecule has 0 spiro atoms. The number of halogens is 1. The van der Waals surface area contributed by atoms with Crippen LogP contribution in [0.25, 0.3) is 10.2 Å². The summed E-state index contributed by atoms with van der Waals surface area (Å²) in [5.74, 6) is 0. The topological polar surface area (TPSA) is 38.9 Å². The largest absolute Gasteiger partial charge is 0.328 e. The van der Waals surface area contributed by atoms with Crippen molar-refractivity contribution in [2.45, 2.75) is 28.6 Å². The van der Waals surface area contributed by atoms with E-state index in [9.17, 15) is 0 Å². The number of nitrogens with zero attached hydrogens (tertiary/aromatic N) is 1. The summed E-state index contributed by atoms with van der Waals surface area (Å²) >= 11 is 6.99. The molecule has 0 aliphatic carbocycles. The third kappa shape index (κ3) is 3.66. The Balaban J connectivity index is 1.93. The van der Waals surface area contributed by atoms with E-state index in [1.54, 1.807) is 23.1 Å². The predicted octanol–water partition coefficient (Wildman–Crippen LogP) is 5.10. The normalized spacial score (nSPS) is 12.7. The SMILES string of the molecule is CC(N)Cc1cc(Br)ccc1Sc1nc2ccccc2s1. The highest BCUT2D eigenvalue weighted by Gasteiger charge is 2.10. The molecule has 2 aromatic carbocycles. The maximum Gasteiger partial charge on any atom is 0.155 e. The van der Waals surface area contributed by atoms with E-state index >= 15 is 0 Å². The van der Waals surface area contributed by atoms with Gasteiger partial charge in [0, 0.05) is 15.4 Å². The fraction of sp³-hybridized carbons (Fsp3) is 0.188. The van der Waals surface area contributed by atoms with Crippen molar-refractivity contribution in [2.75, 3.05) is 0 Å². The molecule has 0 radical (unpaired) electrons. The molecule has 0 amide bonds. The average molecular weight is 379 g/mol. The van der Waals surface area contributed by atoms with Crippen LogP contribution < -0.4 is 5.73 Å². The van der Waals surface area contributed by atoms with Gasteiger partial charge >= 0.3 is 0 Å². The van der Waals surface area contributed by atoms with Crippen molar-refractivity contribution in [3.05, 3.63) is 52.5 Å². The van der Waals surface area contributed by atoms with Gasteiger partial charge in [-0.2, -0.15) is 0 Å². The van der Waals surface area contributed by atoms with Gasteiger partial charge in [0.1, 0.15) is 0 Å². The van der Waals surface area contributed by atoms with Gasteiger partial charge in [-0.1, -0.05) is 39.8 Å². The Morgan fingerprint density at radius 3 is 2.86 bits per heavy atom. The molecule has 2 N–H and O–H groups in total. The Kier molecular flexibility index (Phi) is 4.64. The molecule has 1 unspecified atom stereocenters. The van der Waals surface area contributed by atoms with Crippen LogP contribution in [0.3, 0.4) is 0 Å². The molecule has 3 aromatic rings. The van der Waals surface area contributed by atoms with Gasteiger partial charge in [-0.25, -0.2) is 4.98 Å². The minimum atomic E-state index is 0.147. The first-order valence-electron chi connectivity index (χ1n) is 6.69. The Hall–Kier alpha value is -0.880. The van der Waals surface area contributed by atoms with E-state index in [1.807, 2.05) is 13.0 Å². The summed E-state index contributed by atoms with van der Waals surface area (Å²) in [6.45, 7) is 2.03. The Labute approximate surface area is 140 Å². The summed E-state index contributed by atoms with van der Waals surface area (Å²) in [4.78, 5) is 5.92. The number of hydrogen-bond acceptors (Lipinski definition) is 4. The standard InChI is InChI=1S/C16H15BrN2S2/c1-10(18)8-11-9-12(17)6-7-14(11)20-16-19-13-4-2-3-5-15(13)21-16/h2-7,9-10H,8,18H2,1H3. The van der Waals surface area contributed by atoms with Gasteiger partial charge < -0.3 is 5.73 Å². The number of aromatic nitrogens is 1. The van der Waals surface area contributed by atoms with Crippen LogP contribution in [0.5, 0.6) is 0 Å². The van der Waals surface area contributed by atoms with Crippen LogP contribution in [0.4, 0.5) is 0 Å². The first-order chi connectivity index (χ1) is 10.1. The van der Waals surface area contributed by atoms with E-state index in [0.717, 1.165) is 20.7 Å². The third-order valence-electron chi connectivity index (χ3n) is 3.04. The lowest BCUT2D eigenvalue weighted by atomic mass is 10.1. The molecule has 5 heteroatoms. The minimum Gasteiger partial charge on any atom is -0.328 e. The summed E-state index contributed by atoms with van der Waals surface area (Å²) in [5.41, 5.74) is 8.29. The molecular formula is C16H15BrN2S2. The van der Waals surface area contributed by atoms with E-state index in [0.29, 0.717) is 0 Å². The van der Waals surface area contributed by atoms with Crippen molar-refractivity contribution in [3.8, 4) is 0 Å². The lowest BCUT2D eigenvalue weighted by Gasteiger charge is -2.10. The van der Waals surface area contributed by atoms with Crippen molar-refractivity contribution in [1.29, 1.82) is 0 Å². The fourth-order valence-corrected chi connectivity index (χ4v) is 4.70. The number of hydrogen-bond donors (Lipinski definition) is 1. The summed E-state index contributed by atoms with van der Waals surface area (Å²) < 4.78 is 3.39. The highest BCUT2D eigenvalue weighted by atomic mass is 79.9. The molecular weight excluding hydrogens is 364 g/mol. The number of thiazole rings is 1. The highest BCUT2D eigenvalue weighted by Crippen LogP contribution is 2.37. The van der Waals surface area contributed by atoms with Gasteiger partial charge in [-0.3, -0.25) is 0 Å². The van der Waals surface area contributed by atoms with Crippen molar-refractivity contribution in [2.24, 2.45) is 5.73 Å². The quantitative estimate of drug-likeness (QED) is 0.686. The van der Waals surface area contributed by atoms with Crippen LogP contribution in [0, 0.1) is 0 Å². The van der Waals surface area contributed by atoms with Crippen LogP contribution in [-0.4, -0.2) is 11.0 Å². The van der Waals surface area contributed by atoms with Crippen molar-refractivity contribution >= 4 is 49.2 Å². The van der Waals surface area contributed by atoms with E-state index < -0.39 is 0 Å². The lowest BCUT2D eigenvalue weighted by molar-refractivity contribution is 0.729. The lowest BCUT2D eigenvalue weighted by Crippen LogP contribution is -2.18. The zero-order valence-electron chi connectivity index (χ0n) is 11.5. The second kappa shape index (κ2) is 6.48. The Morgan fingerprint density at radius 1 is 1.29 bits per heavy atom. The average Bonchev–Trinajstić information content (AvgIpc) is 2.83. The van der Waals surface area contributed by atoms with Gasteiger partial charge in [-0.05, 0) is 49.2 Å². The maximum atomic E-state index is 5.96. The van der Waals surface area contributed by atoms with E-state index in [-0.39, 0.29) is 6.04 Å². The zero-order valence-corrected chi connectivity index (χ0v) is 14.8. The summed E-state index contributed by atoms with van der Waals surface area (Å²) in [7, 11) is 0. The van der Waals surface area contributed by atoms with Gasteiger partial charge in [0.25, 0.3) is 0 Å². The molecule has 1 atom stereocenters. The Bertz CT molecular complexity index is 735. The molecule has 0 saturated carbocycles. The number of fused-ring (bicyclic) bond motifs is 1. The summed E-state index contributed by atoms with van der Waals surface area (Å²) in [5, 5.41) is 0. The van der Waals surface area contributed by atoms with Gasteiger partial charge in [0.15, 0.2) is 4.34 Å². The molecule has 0 aliphatic heterocycles. The second-order valence-corrected chi connectivity index (χ2v) is 8.22. The molecule has 108 valence electrons. The van der Waals surface area contributed by atoms with Crippen molar-refractivity contribution in [1.82, 2.24) is 4.98 Å². The van der Waals surface area contributed by atoms with Crippen LogP contribution in [-0.2, 0) is 6.42 Å². The molecule has 0 fully saturated rings. The molecule has 1 aromatic heterocycles. The first kappa shape index (κ1) is 15.0. The van der Waals surface area contributed by atoms with Gasteiger partial charge in [0.05, 0.1) is 10.2 Å². The molecule has 0 saturated heterocycles. The van der Waals surface area contributed by atoms with Crippen LogP contribution in [0.1, 0.15) is 12.5 Å². The van der Waals surface area contributed by atoms with Crippen LogP contribution >= 0.6 is 39.0 Å². The first-order valence-corrected chi connectivity index (χ1v) is 9.12. The van der Waals surface area contributed by atoms with Gasteiger partial charge in [-0.15, -0.1) is 11.3 Å². The molecule has 0 aliphatic rings. The predicted molar refractivity (Wildman–Crippen MR) is 95.2 cm³/mol. The number of rotatable bonds is 4. The van der Waals surface area contributed by atoms with Crippen LogP contribution in [0.2, 0.25) is 0 Å².